The second-order valence-electron chi connectivity index (χ2n) is 4.00. The third kappa shape index (κ3) is 3.98. The Bertz CT molecular complexity index is 355. The fourth-order valence-corrected chi connectivity index (χ4v) is 1.67. The Labute approximate surface area is 115 Å². The van der Waals surface area contributed by atoms with Crippen molar-refractivity contribution in [1.82, 2.24) is 4.90 Å². The Morgan fingerprint density at radius 1 is 1.39 bits per heavy atom. The average Bonchev–Trinajstić information content (AvgIpc) is 2.39. The molecule has 18 heavy (non-hydrogen) atoms. The third-order valence-corrected chi connectivity index (χ3v) is 2.98. The zero-order valence-electron chi connectivity index (χ0n) is 11.0. The lowest BCUT2D eigenvalue weighted by molar-refractivity contribution is -0.142. The van der Waals surface area contributed by atoms with E-state index >= 15 is 0 Å². The number of hydrogen-bond acceptors (Lipinski definition) is 3. The highest BCUT2D eigenvalue weighted by molar-refractivity contribution is 5.85. The van der Waals surface area contributed by atoms with Crippen molar-refractivity contribution in [3.63, 3.8) is 0 Å². The fourth-order valence-electron chi connectivity index (χ4n) is 1.67. The first-order chi connectivity index (χ1) is 8.11. The molecule has 0 aromatic heterocycles. The maximum absolute atomic E-state index is 12.0. The van der Waals surface area contributed by atoms with Gasteiger partial charge in [-0.15, -0.1) is 12.4 Å². The second-order valence-corrected chi connectivity index (χ2v) is 4.00. The number of carbonyl (C=O) groups excluding carboxylic acids is 1. The average molecular weight is 273 g/mol. The maximum Gasteiger partial charge on any atom is 0.253 e. The summed E-state index contributed by atoms with van der Waals surface area (Å²) in [5.41, 5.74) is 6.58. The molecule has 2 N–H and O–H groups in total. The van der Waals surface area contributed by atoms with E-state index in [4.69, 9.17) is 10.5 Å². The molecule has 0 spiro atoms. The van der Waals surface area contributed by atoms with E-state index in [1.807, 2.05) is 37.3 Å². The Kier molecular flexibility index (Phi) is 7.59. The highest BCUT2D eigenvalue weighted by Gasteiger charge is 2.24. The summed E-state index contributed by atoms with van der Waals surface area (Å²) in [4.78, 5) is 13.7. The molecular weight excluding hydrogens is 252 g/mol. The van der Waals surface area contributed by atoms with Crippen molar-refractivity contribution < 1.29 is 9.53 Å². The lowest BCUT2D eigenvalue weighted by atomic mass is 10.1. The van der Waals surface area contributed by atoms with Crippen molar-refractivity contribution in [2.24, 2.45) is 5.73 Å². The Morgan fingerprint density at radius 2 is 1.94 bits per heavy atom. The summed E-state index contributed by atoms with van der Waals surface area (Å²) in [5.74, 6) is -0.0913. The monoisotopic (exact) mass is 272 g/mol. The van der Waals surface area contributed by atoms with E-state index in [1.54, 1.807) is 11.9 Å². The molecule has 1 aromatic carbocycles. The number of rotatable bonds is 5. The minimum Gasteiger partial charge on any atom is -0.370 e. The first-order valence-electron chi connectivity index (χ1n) is 5.66. The van der Waals surface area contributed by atoms with Crippen LogP contribution in [0.4, 0.5) is 0 Å². The summed E-state index contributed by atoms with van der Waals surface area (Å²) in [5, 5.41) is 0. The van der Waals surface area contributed by atoms with Crippen LogP contribution in [-0.2, 0) is 9.53 Å². The Morgan fingerprint density at radius 3 is 2.39 bits per heavy atom. The highest BCUT2D eigenvalue weighted by Crippen LogP contribution is 2.19. The lowest BCUT2D eigenvalue weighted by Crippen LogP contribution is -2.42. The van der Waals surface area contributed by atoms with Gasteiger partial charge in [0.1, 0.15) is 6.10 Å². The van der Waals surface area contributed by atoms with Gasteiger partial charge in [0.05, 0.1) is 6.04 Å². The van der Waals surface area contributed by atoms with E-state index in [0.29, 0.717) is 0 Å². The minimum absolute atomic E-state index is 0. The van der Waals surface area contributed by atoms with Crippen molar-refractivity contribution in [2.45, 2.75) is 19.1 Å². The molecule has 0 fully saturated rings. The van der Waals surface area contributed by atoms with Crippen LogP contribution >= 0.6 is 12.4 Å². The van der Waals surface area contributed by atoms with E-state index in [9.17, 15) is 4.79 Å². The topological polar surface area (TPSA) is 55.6 Å². The molecule has 0 saturated heterocycles. The summed E-state index contributed by atoms with van der Waals surface area (Å²) in [6.07, 6.45) is -0.564. The zero-order chi connectivity index (χ0) is 12.8. The van der Waals surface area contributed by atoms with Gasteiger partial charge in [-0.2, -0.15) is 0 Å². The van der Waals surface area contributed by atoms with E-state index in [2.05, 4.69) is 0 Å². The zero-order valence-corrected chi connectivity index (χ0v) is 11.8. The summed E-state index contributed by atoms with van der Waals surface area (Å²) in [6.45, 7) is 2.18. The molecule has 0 aliphatic heterocycles. The number of carbonyl (C=O) groups is 1. The van der Waals surface area contributed by atoms with E-state index < -0.39 is 6.10 Å². The molecule has 1 aromatic rings. The van der Waals surface area contributed by atoms with Crippen LogP contribution in [0.2, 0.25) is 0 Å². The molecule has 0 saturated carbocycles. The predicted molar refractivity (Wildman–Crippen MR) is 74.7 cm³/mol. The van der Waals surface area contributed by atoms with Crippen molar-refractivity contribution in [3.05, 3.63) is 35.9 Å². The molecule has 1 rings (SSSR count). The summed E-state index contributed by atoms with van der Waals surface area (Å²) < 4.78 is 5.05. The lowest BCUT2D eigenvalue weighted by Gasteiger charge is -2.28. The number of ether oxygens (including phenoxy) is 1. The van der Waals surface area contributed by atoms with Crippen LogP contribution in [0.15, 0.2) is 30.3 Å². The number of nitrogens with two attached hydrogens (primary N) is 1. The molecule has 0 aliphatic carbocycles. The largest absolute Gasteiger partial charge is 0.370 e. The molecule has 2 atom stereocenters. The molecule has 0 bridgehead atoms. The van der Waals surface area contributed by atoms with Crippen LogP contribution in [0.25, 0.3) is 0 Å². The van der Waals surface area contributed by atoms with Gasteiger partial charge in [-0.05, 0) is 12.5 Å². The smallest absolute Gasteiger partial charge is 0.253 e. The number of methoxy groups -OCH3 is 1. The number of halogens is 1. The van der Waals surface area contributed by atoms with Crippen LogP contribution in [0.3, 0.4) is 0 Å². The Hall–Kier alpha value is -1.10. The minimum atomic E-state index is -0.564. The molecule has 0 aliphatic rings. The van der Waals surface area contributed by atoms with Crippen LogP contribution in [0, 0.1) is 0 Å². The Balaban J connectivity index is 0.00000289. The molecule has 0 heterocycles. The first kappa shape index (κ1) is 16.9. The summed E-state index contributed by atoms with van der Waals surface area (Å²) in [7, 11) is 3.26. The van der Waals surface area contributed by atoms with Crippen molar-refractivity contribution in [1.29, 1.82) is 0 Å². The van der Waals surface area contributed by atoms with Gasteiger partial charge in [0.2, 0.25) is 0 Å². The number of nitrogens with zero attached hydrogens (tertiary/aromatic N) is 1. The van der Waals surface area contributed by atoms with Gasteiger partial charge in [-0.25, -0.2) is 0 Å². The number of amides is 1. The van der Waals surface area contributed by atoms with E-state index in [0.717, 1.165) is 5.56 Å². The van der Waals surface area contributed by atoms with E-state index in [-0.39, 0.29) is 30.9 Å². The molecule has 0 radical (unpaired) electrons. The standard InChI is InChI=1S/C13H20N2O2.ClH/c1-10(11-7-5-4-6-8-11)15(2)13(16)12(9-14)17-3;/h4-8,10,12H,9,14H2,1-3H3;1H. The third-order valence-electron chi connectivity index (χ3n) is 2.98. The predicted octanol–water partition coefficient (Wildman–Crippen LogP) is 1.60. The van der Waals surface area contributed by atoms with Gasteiger partial charge in [0, 0.05) is 20.7 Å². The first-order valence-corrected chi connectivity index (χ1v) is 5.66. The molecule has 102 valence electrons. The molecule has 5 heteroatoms. The highest BCUT2D eigenvalue weighted by atomic mass is 35.5. The van der Waals surface area contributed by atoms with Gasteiger partial charge in [-0.1, -0.05) is 30.3 Å². The molecule has 4 nitrogen and oxygen atoms in total. The van der Waals surface area contributed by atoms with Crippen molar-refractivity contribution >= 4 is 18.3 Å². The molecule has 2 unspecified atom stereocenters. The number of hydrogen-bond donors (Lipinski definition) is 1. The maximum atomic E-state index is 12.0. The number of likely N-dealkylation sites (N-methyl/N-ethyl adjacent to an activating group) is 1. The SMILES string of the molecule is COC(CN)C(=O)N(C)C(C)c1ccccc1.Cl. The quantitative estimate of drug-likeness (QED) is 0.886. The fraction of sp³-hybridized carbons (Fsp3) is 0.462. The van der Waals surface area contributed by atoms with Crippen molar-refractivity contribution in [3.8, 4) is 0 Å². The van der Waals surface area contributed by atoms with Crippen molar-refractivity contribution in [2.75, 3.05) is 20.7 Å². The molecule has 1 amide bonds. The number of benzene rings is 1. The van der Waals surface area contributed by atoms with Gasteiger partial charge in [-0.3, -0.25) is 4.79 Å². The van der Waals surface area contributed by atoms with Gasteiger partial charge in [0.15, 0.2) is 0 Å². The van der Waals surface area contributed by atoms with E-state index in [1.165, 1.54) is 7.11 Å². The van der Waals surface area contributed by atoms with Crippen LogP contribution in [0.5, 0.6) is 0 Å². The van der Waals surface area contributed by atoms with Crippen LogP contribution < -0.4 is 5.73 Å². The van der Waals surface area contributed by atoms with Crippen LogP contribution in [-0.4, -0.2) is 37.6 Å². The summed E-state index contributed by atoms with van der Waals surface area (Å²) >= 11 is 0. The summed E-state index contributed by atoms with van der Waals surface area (Å²) in [6, 6.07) is 9.88. The van der Waals surface area contributed by atoms with Gasteiger partial charge >= 0.3 is 0 Å². The molecular formula is C13H21ClN2O2. The van der Waals surface area contributed by atoms with Crippen LogP contribution in [0.1, 0.15) is 18.5 Å². The van der Waals surface area contributed by atoms with Gasteiger partial charge < -0.3 is 15.4 Å². The normalized spacial score (nSPS) is 13.3. The second kappa shape index (κ2) is 8.08. The van der Waals surface area contributed by atoms with Gasteiger partial charge in [0.25, 0.3) is 5.91 Å².